The molecule has 0 bridgehead atoms. The Balaban J connectivity index is 1.59. The van der Waals surface area contributed by atoms with Crippen LogP contribution in [0.15, 0.2) is 23.8 Å². The minimum absolute atomic E-state index is 0.0207. The van der Waals surface area contributed by atoms with Crippen LogP contribution in [0.25, 0.3) is 0 Å². The second-order valence-corrected chi connectivity index (χ2v) is 13.0. The second kappa shape index (κ2) is 8.91. The molecule has 4 nitrogen and oxygen atoms in total. The van der Waals surface area contributed by atoms with Gasteiger partial charge in [0.15, 0.2) is 0 Å². The summed E-state index contributed by atoms with van der Waals surface area (Å²) in [5.41, 5.74) is 2.62. The van der Waals surface area contributed by atoms with E-state index in [2.05, 4.69) is 33.4 Å². The Morgan fingerprint density at radius 3 is 2.53 bits per heavy atom. The Labute approximate surface area is 206 Å². The smallest absolute Gasteiger partial charge is 0.303 e. The van der Waals surface area contributed by atoms with Gasteiger partial charge in [0.1, 0.15) is 6.29 Å². The highest BCUT2D eigenvalue weighted by Crippen LogP contribution is 2.87. The number of hydrogen-bond donors (Lipinski definition) is 2. The van der Waals surface area contributed by atoms with Crippen molar-refractivity contribution >= 4 is 12.3 Å². The van der Waals surface area contributed by atoms with Gasteiger partial charge in [0.2, 0.25) is 0 Å². The molecule has 4 fully saturated rings. The van der Waals surface area contributed by atoms with Crippen LogP contribution in [-0.4, -0.2) is 29.1 Å². The van der Waals surface area contributed by atoms with E-state index in [0.29, 0.717) is 23.2 Å². The van der Waals surface area contributed by atoms with E-state index in [1.165, 1.54) is 32.1 Å². The van der Waals surface area contributed by atoms with Crippen LogP contribution in [0.5, 0.6) is 0 Å². The van der Waals surface area contributed by atoms with Gasteiger partial charge in [0.05, 0.1) is 6.61 Å². The molecule has 4 aliphatic rings. The van der Waals surface area contributed by atoms with E-state index in [1.54, 1.807) is 0 Å². The van der Waals surface area contributed by atoms with Gasteiger partial charge < -0.3 is 10.2 Å². The first kappa shape index (κ1) is 25.7. The lowest BCUT2D eigenvalue weighted by atomic mass is 9.43. The van der Waals surface area contributed by atoms with Gasteiger partial charge in [0.25, 0.3) is 0 Å². The summed E-state index contributed by atoms with van der Waals surface area (Å²) in [6.07, 6.45) is 14.5. The van der Waals surface area contributed by atoms with Gasteiger partial charge >= 0.3 is 5.97 Å². The standard InChI is InChI=1S/C30H46O4/c1-20(17-31)7-6-8-21(2)23-11-13-28(5)25-10-9-24(22(3)18-32)29(14-12-26(33)34)19-30(25,29)16-15-27(23,28)4/h7,17,21,23-25,32H,3,6,8-16,18-19H2,1-2,4-5H3,(H,33,34). The molecule has 0 aromatic carbocycles. The molecule has 4 heteroatoms. The van der Waals surface area contributed by atoms with Crippen LogP contribution in [0, 0.1) is 45.3 Å². The van der Waals surface area contributed by atoms with E-state index in [-0.39, 0.29) is 35.2 Å². The quantitative estimate of drug-likeness (QED) is 0.215. The third-order valence-electron chi connectivity index (χ3n) is 12.0. The van der Waals surface area contributed by atoms with Gasteiger partial charge in [-0.05, 0) is 128 Å². The van der Waals surface area contributed by atoms with Crippen molar-refractivity contribution in [3.8, 4) is 0 Å². The van der Waals surface area contributed by atoms with Crippen molar-refractivity contribution in [2.45, 2.75) is 98.3 Å². The molecule has 0 saturated heterocycles. The maximum atomic E-state index is 11.6. The van der Waals surface area contributed by atoms with E-state index in [1.807, 2.05) is 6.92 Å². The number of allylic oxidation sites excluding steroid dienone is 2. The van der Waals surface area contributed by atoms with Crippen molar-refractivity contribution in [2.75, 3.05) is 6.61 Å². The molecule has 4 rings (SSSR count). The molecule has 0 aromatic rings. The highest BCUT2D eigenvalue weighted by molar-refractivity contribution is 5.71. The Kier molecular flexibility index (Phi) is 6.72. The zero-order chi connectivity index (χ0) is 24.9. The van der Waals surface area contributed by atoms with Crippen molar-refractivity contribution < 1.29 is 19.8 Å². The molecule has 190 valence electrons. The number of aliphatic hydroxyl groups is 1. The summed E-state index contributed by atoms with van der Waals surface area (Å²) in [5.74, 6) is 1.55. The summed E-state index contributed by atoms with van der Waals surface area (Å²) in [6.45, 7) is 13.7. The first-order valence-electron chi connectivity index (χ1n) is 13.6. The number of aliphatic hydroxyl groups excluding tert-OH is 1. The molecule has 0 aromatic heterocycles. The number of carboxylic acid groups (broad SMARTS) is 1. The third kappa shape index (κ3) is 3.57. The van der Waals surface area contributed by atoms with Gasteiger partial charge in [-0.2, -0.15) is 0 Å². The van der Waals surface area contributed by atoms with E-state index in [9.17, 15) is 19.8 Å². The molecule has 0 heterocycles. The number of aldehydes is 1. The molecule has 0 radical (unpaired) electrons. The highest BCUT2D eigenvalue weighted by atomic mass is 16.4. The van der Waals surface area contributed by atoms with Crippen LogP contribution < -0.4 is 0 Å². The Bertz CT molecular complexity index is 875. The summed E-state index contributed by atoms with van der Waals surface area (Å²) < 4.78 is 0. The van der Waals surface area contributed by atoms with Crippen LogP contribution in [0.1, 0.15) is 98.3 Å². The predicted molar refractivity (Wildman–Crippen MR) is 135 cm³/mol. The lowest BCUT2D eigenvalue weighted by molar-refractivity contribution is -0.139. The number of hydrogen-bond acceptors (Lipinski definition) is 3. The van der Waals surface area contributed by atoms with Gasteiger partial charge in [-0.25, -0.2) is 0 Å². The van der Waals surface area contributed by atoms with Gasteiger partial charge in [-0.3, -0.25) is 9.59 Å². The Morgan fingerprint density at radius 1 is 1.15 bits per heavy atom. The number of carbonyl (C=O) groups excluding carboxylic acids is 1. The van der Waals surface area contributed by atoms with Gasteiger partial charge in [-0.15, -0.1) is 0 Å². The van der Waals surface area contributed by atoms with Crippen LogP contribution in [0.4, 0.5) is 0 Å². The normalized spacial score (nSPS) is 43.9. The Hall–Kier alpha value is -1.42. The molecular weight excluding hydrogens is 424 g/mol. The number of carboxylic acids is 1. The summed E-state index contributed by atoms with van der Waals surface area (Å²) in [7, 11) is 0. The number of fused-ring (bicyclic) bond motifs is 2. The lowest BCUT2D eigenvalue weighted by Gasteiger charge is -2.61. The fourth-order valence-corrected chi connectivity index (χ4v) is 10.1. The number of aliphatic carboxylic acids is 1. The van der Waals surface area contributed by atoms with E-state index in [4.69, 9.17) is 0 Å². The highest BCUT2D eigenvalue weighted by Gasteiger charge is 2.80. The van der Waals surface area contributed by atoms with Gasteiger partial charge in [0, 0.05) is 6.42 Å². The van der Waals surface area contributed by atoms with Gasteiger partial charge in [-0.1, -0.05) is 33.4 Å². The van der Waals surface area contributed by atoms with Crippen molar-refractivity contribution in [2.24, 2.45) is 45.3 Å². The summed E-state index contributed by atoms with van der Waals surface area (Å²) in [6, 6.07) is 0. The fourth-order valence-electron chi connectivity index (χ4n) is 10.1. The zero-order valence-corrected chi connectivity index (χ0v) is 21.9. The van der Waals surface area contributed by atoms with E-state index >= 15 is 0 Å². The second-order valence-electron chi connectivity index (χ2n) is 13.0. The van der Waals surface area contributed by atoms with Crippen molar-refractivity contribution in [3.05, 3.63) is 23.8 Å². The maximum absolute atomic E-state index is 11.6. The Morgan fingerprint density at radius 2 is 1.88 bits per heavy atom. The maximum Gasteiger partial charge on any atom is 0.303 e. The molecule has 1 spiro atoms. The largest absolute Gasteiger partial charge is 0.481 e. The van der Waals surface area contributed by atoms with Crippen molar-refractivity contribution in [1.82, 2.24) is 0 Å². The monoisotopic (exact) mass is 470 g/mol. The molecule has 2 N–H and O–H groups in total. The van der Waals surface area contributed by atoms with Crippen LogP contribution in [-0.2, 0) is 9.59 Å². The average Bonchev–Trinajstić information content (AvgIpc) is 3.40. The molecule has 8 atom stereocenters. The molecule has 34 heavy (non-hydrogen) atoms. The minimum atomic E-state index is -0.701. The first-order chi connectivity index (χ1) is 16.0. The average molecular weight is 471 g/mol. The minimum Gasteiger partial charge on any atom is -0.481 e. The lowest BCUT2D eigenvalue weighted by Crippen LogP contribution is -2.54. The molecule has 0 aliphatic heterocycles. The summed E-state index contributed by atoms with van der Waals surface area (Å²) >= 11 is 0. The van der Waals surface area contributed by atoms with Crippen molar-refractivity contribution in [3.63, 3.8) is 0 Å². The van der Waals surface area contributed by atoms with Crippen LogP contribution in [0.2, 0.25) is 0 Å². The molecular formula is C30H46O4. The van der Waals surface area contributed by atoms with E-state index in [0.717, 1.165) is 49.5 Å². The predicted octanol–water partition coefficient (Wildman–Crippen LogP) is 6.58. The first-order valence-corrected chi connectivity index (χ1v) is 13.6. The summed E-state index contributed by atoms with van der Waals surface area (Å²) in [5, 5.41) is 19.4. The number of rotatable bonds is 10. The SMILES string of the molecule is C=C(CO)C1CCC2C3(C)CCC(C(C)CCC=C(C)C=O)C3(C)CCC23CC13CCC(=O)O. The molecule has 8 unspecified atom stereocenters. The van der Waals surface area contributed by atoms with E-state index < -0.39 is 5.97 Å². The molecule has 0 amide bonds. The topological polar surface area (TPSA) is 74.6 Å². The summed E-state index contributed by atoms with van der Waals surface area (Å²) in [4.78, 5) is 22.5. The fraction of sp³-hybridized carbons (Fsp3) is 0.800. The number of carbonyl (C=O) groups is 2. The van der Waals surface area contributed by atoms with Crippen LogP contribution in [0.3, 0.4) is 0 Å². The molecule has 4 aliphatic carbocycles. The molecule has 4 saturated carbocycles. The zero-order valence-electron chi connectivity index (χ0n) is 21.9. The van der Waals surface area contributed by atoms with Crippen LogP contribution >= 0.6 is 0 Å². The third-order valence-corrected chi connectivity index (χ3v) is 12.0. The van der Waals surface area contributed by atoms with Crippen molar-refractivity contribution in [1.29, 1.82) is 0 Å².